The first-order valence-corrected chi connectivity index (χ1v) is 10.4. The van der Waals surface area contributed by atoms with Crippen molar-refractivity contribution in [1.29, 1.82) is 0 Å². The summed E-state index contributed by atoms with van der Waals surface area (Å²) in [4.78, 5) is 12.2. The second kappa shape index (κ2) is 9.73. The maximum absolute atomic E-state index is 12.5. The molecule has 0 aliphatic heterocycles. The summed E-state index contributed by atoms with van der Waals surface area (Å²) in [6.07, 6.45) is 1.72. The van der Waals surface area contributed by atoms with Gasteiger partial charge in [-0.2, -0.15) is 0 Å². The van der Waals surface area contributed by atoms with Crippen molar-refractivity contribution in [3.05, 3.63) is 53.6 Å². The molecule has 0 saturated heterocycles. The fraction of sp³-hybridized carbons (Fsp3) is 0.316. The van der Waals surface area contributed by atoms with Crippen LogP contribution in [0.15, 0.2) is 53.4 Å². The molecule has 2 rings (SSSR count). The van der Waals surface area contributed by atoms with Gasteiger partial charge >= 0.3 is 0 Å². The van der Waals surface area contributed by atoms with Crippen LogP contribution in [0.4, 0.5) is 5.69 Å². The molecule has 0 atom stereocenters. The molecule has 0 bridgehead atoms. The Kier molecular flexibility index (Phi) is 7.65. The fourth-order valence-electron chi connectivity index (χ4n) is 2.27. The second-order valence-electron chi connectivity index (χ2n) is 6.00. The van der Waals surface area contributed by atoms with Crippen LogP contribution in [0.2, 0.25) is 5.02 Å². The number of hydrogen-bond acceptors (Lipinski definition) is 4. The lowest BCUT2D eigenvalue weighted by atomic mass is 10.3. The summed E-state index contributed by atoms with van der Waals surface area (Å²) in [6.45, 7) is 2.31. The maximum atomic E-state index is 12.5. The molecular weight excluding hydrogens is 388 g/mol. The zero-order valence-electron chi connectivity index (χ0n) is 15.3. The van der Waals surface area contributed by atoms with Crippen LogP contribution >= 0.6 is 11.6 Å². The van der Waals surface area contributed by atoms with Crippen molar-refractivity contribution < 1.29 is 17.9 Å². The monoisotopic (exact) mass is 410 g/mol. The van der Waals surface area contributed by atoms with Crippen molar-refractivity contribution >= 4 is 33.2 Å². The molecule has 0 fully saturated rings. The van der Waals surface area contributed by atoms with Gasteiger partial charge in [0.15, 0.2) is 6.61 Å². The highest BCUT2D eigenvalue weighted by Crippen LogP contribution is 2.18. The number of rotatable bonds is 9. The Morgan fingerprint density at radius 2 is 1.74 bits per heavy atom. The van der Waals surface area contributed by atoms with E-state index in [2.05, 4.69) is 5.32 Å². The highest BCUT2D eigenvalue weighted by atomic mass is 35.5. The fourth-order valence-corrected chi connectivity index (χ4v) is 3.60. The minimum absolute atomic E-state index is 0.165. The smallest absolute Gasteiger partial charge is 0.262 e. The molecule has 27 heavy (non-hydrogen) atoms. The van der Waals surface area contributed by atoms with E-state index >= 15 is 0 Å². The first-order chi connectivity index (χ1) is 12.8. The third-order valence-electron chi connectivity index (χ3n) is 3.86. The molecule has 2 aromatic rings. The normalized spacial score (nSPS) is 11.4. The van der Waals surface area contributed by atoms with Crippen LogP contribution in [-0.4, -0.2) is 38.8 Å². The summed E-state index contributed by atoms with van der Waals surface area (Å²) in [5.74, 6) is 0.187. The number of hydrogen-bond donors (Lipinski definition) is 1. The Morgan fingerprint density at radius 1 is 1.11 bits per heavy atom. The molecule has 0 aliphatic carbocycles. The number of carbonyl (C=O) groups excluding carboxylic acids is 1. The number of sulfonamides is 1. The molecule has 8 heteroatoms. The van der Waals surface area contributed by atoms with Gasteiger partial charge in [-0.05, 0) is 55.0 Å². The molecule has 0 aliphatic rings. The molecule has 6 nitrogen and oxygen atoms in total. The number of unbranched alkanes of at least 4 members (excludes halogenated alkanes) is 1. The van der Waals surface area contributed by atoms with Crippen LogP contribution in [0.5, 0.6) is 5.75 Å². The summed E-state index contributed by atoms with van der Waals surface area (Å²) in [6, 6.07) is 12.8. The molecule has 1 N–H and O–H groups in total. The van der Waals surface area contributed by atoms with Gasteiger partial charge in [0.25, 0.3) is 5.91 Å². The predicted molar refractivity (Wildman–Crippen MR) is 107 cm³/mol. The van der Waals surface area contributed by atoms with Gasteiger partial charge in [0.1, 0.15) is 5.75 Å². The topological polar surface area (TPSA) is 75.7 Å². The van der Waals surface area contributed by atoms with Gasteiger partial charge in [-0.15, -0.1) is 0 Å². The van der Waals surface area contributed by atoms with Crippen molar-refractivity contribution in [2.75, 3.05) is 25.5 Å². The first kappa shape index (κ1) is 21.2. The van der Waals surface area contributed by atoms with E-state index in [1.165, 1.54) is 16.4 Å². The SMILES string of the molecule is CCCCN(C)S(=O)(=O)c1ccc(NC(=O)COc2ccc(Cl)cc2)cc1. The van der Waals surface area contributed by atoms with Gasteiger partial charge in [-0.25, -0.2) is 12.7 Å². The van der Waals surface area contributed by atoms with Crippen LogP contribution < -0.4 is 10.1 Å². The van der Waals surface area contributed by atoms with Gasteiger partial charge < -0.3 is 10.1 Å². The maximum Gasteiger partial charge on any atom is 0.262 e. The Bertz CT molecular complexity index is 852. The Balaban J connectivity index is 1.92. The number of amides is 1. The van der Waals surface area contributed by atoms with E-state index in [-0.39, 0.29) is 17.4 Å². The molecular formula is C19H23ClN2O4S. The number of ether oxygens (including phenoxy) is 1. The first-order valence-electron chi connectivity index (χ1n) is 8.57. The zero-order valence-corrected chi connectivity index (χ0v) is 16.9. The molecule has 1 amide bonds. The van der Waals surface area contributed by atoms with Gasteiger partial charge in [0, 0.05) is 24.3 Å². The Hall–Kier alpha value is -2.09. The lowest BCUT2D eigenvalue weighted by Crippen LogP contribution is -2.28. The van der Waals surface area contributed by atoms with E-state index < -0.39 is 10.0 Å². The summed E-state index contributed by atoms with van der Waals surface area (Å²) in [7, 11) is -1.96. The van der Waals surface area contributed by atoms with Crippen LogP contribution in [0, 0.1) is 0 Å². The van der Waals surface area contributed by atoms with E-state index in [1.807, 2.05) is 6.92 Å². The number of anilines is 1. The van der Waals surface area contributed by atoms with E-state index in [0.29, 0.717) is 23.0 Å². The number of nitrogens with one attached hydrogen (secondary N) is 1. The van der Waals surface area contributed by atoms with Crippen molar-refractivity contribution in [3.8, 4) is 5.75 Å². The Labute approximate surface area is 165 Å². The van der Waals surface area contributed by atoms with E-state index in [0.717, 1.165) is 12.8 Å². The largest absolute Gasteiger partial charge is 0.484 e. The minimum atomic E-state index is -3.52. The summed E-state index contributed by atoms with van der Waals surface area (Å²) < 4.78 is 31.6. The van der Waals surface area contributed by atoms with Crippen molar-refractivity contribution in [3.63, 3.8) is 0 Å². The lowest BCUT2D eigenvalue weighted by Gasteiger charge is -2.17. The molecule has 0 saturated carbocycles. The van der Waals surface area contributed by atoms with E-state index in [1.54, 1.807) is 43.4 Å². The molecule has 0 unspecified atom stereocenters. The van der Waals surface area contributed by atoms with Crippen LogP contribution in [-0.2, 0) is 14.8 Å². The lowest BCUT2D eigenvalue weighted by molar-refractivity contribution is -0.118. The average molecular weight is 411 g/mol. The second-order valence-corrected chi connectivity index (χ2v) is 8.48. The van der Waals surface area contributed by atoms with Gasteiger partial charge in [-0.1, -0.05) is 24.9 Å². The minimum Gasteiger partial charge on any atom is -0.484 e. The van der Waals surface area contributed by atoms with Gasteiger partial charge in [-0.3, -0.25) is 4.79 Å². The highest BCUT2D eigenvalue weighted by Gasteiger charge is 2.20. The van der Waals surface area contributed by atoms with Crippen molar-refractivity contribution in [2.45, 2.75) is 24.7 Å². The quantitative estimate of drug-likeness (QED) is 0.682. The molecule has 0 spiro atoms. The van der Waals surface area contributed by atoms with Crippen LogP contribution in [0.1, 0.15) is 19.8 Å². The van der Waals surface area contributed by atoms with Crippen molar-refractivity contribution in [2.24, 2.45) is 0 Å². The third-order valence-corrected chi connectivity index (χ3v) is 5.98. The summed E-state index contributed by atoms with van der Waals surface area (Å²) in [5, 5.41) is 3.25. The summed E-state index contributed by atoms with van der Waals surface area (Å²) in [5.41, 5.74) is 0.495. The number of nitrogens with zero attached hydrogens (tertiary/aromatic N) is 1. The van der Waals surface area contributed by atoms with Gasteiger partial charge in [0.2, 0.25) is 10.0 Å². The standard InChI is InChI=1S/C19H23ClN2O4S/c1-3-4-13-22(2)27(24,25)18-11-7-16(8-12-18)21-19(23)14-26-17-9-5-15(20)6-10-17/h5-12H,3-4,13-14H2,1-2H3,(H,21,23). The highest BCUT2D eigenvalue weighted by molar-refractivity contribution is 7.89. The molecule has 0 radical (unpaired) electrons. The number of halogens is 1. The molecule has 0 aromatic heterocycles. The predicted octanol–water partition coefficient (Wildman–Crippen LogP) is 3.78. The van der Waals surface area contributed by atoms with Crippen LogP contribution in [0.25, 0.3) is 0 Å². The third kappa shape index (κ3) is 6.23. The molecule has 2 aromatic carbocycles. The van der Waals surface area contributed by atoms with Crippen molar-refractivity contribution in [1.82, 2.24) is 4.31 Å². The summed E-state index contributed by atoms with van der Waals surface area (Å²) >= 11 is 5.79. The van der Waals surface area contributed by atoms with E-state index in [4.69, 9.17) is 16.3 Å². The zero-order chi connectivity index (χ0) is 19.9. The van der Waals surface area contributed by atoms with Gasteiger partial charge in [0.05, 0.1) is 4.90 Å². The number of carbonyl (C=O) groups is 1. The Morgan fingerprint density at radius 3 is 2.33 bits per heavy atom. The molecule has 0 heterocycles. The average Bonchev–Trinajstić information content (AvgIpc) is 2.66. The van der Waals surface area contributed by atoms with Crippen LogP contribution in [0.3, 0.4) is 0 Å². The molecule has 146 valence electrons. The number of benzene rings is 2. The van der Waals surface area contributed by atoms with E-state index in [9.17, 15) is 13.2 Å².